The average Bonchev–Trinajstić information content (AvgIpc) is 3.14. The molecule has 2 amide bonds. The predicted molar refractivity (Wildman–Crippen MR) is 141 cm³/mol. The summed E-state index contributed by atoms with van der Waals surface area (Å²) in [5.41, 5.74) is -5.07. The largest absolute Gasteiger partial charge is 0.493 e. The number of Topliss-reactive ketones (excluding diaryl/α,β-unsaturated/α-hetero) is 1. The highest BCUT2D eigenvalue weighted by Gasteiger charge is 2.71. The van der Waals surface area contributed by atoms with Crippen molar-refractivity contribution in [1.29, 1.82) is 0 Å². The third kappa shape index (κ3) is 4.95. The van der Waals surface area contributed by atoms with E-state index in [2.05, 4.69) is 0 Å². The zero-order valence-electron chi connectivity index (χ0n) is 23.5. The highest BCUT2D eigenvalue weighted by atomic mass is 19.4. The lowest BCUT2D eigenvalue weighted by Crippen LogP contribution is -2.66. The van der Waals surface area contributed by atoms with Crippen LogP contribution in [0.4, 0.5) is 13.2 Å². The van der Waals surface area contributed by atoms with Crippen LogP contribution in [-0.4, -0.2) is 62.7 Å². The van der Waals surface area contributed by atoms with Gasteiger partial charge in [-0.05, 0) is 36.1 Å². The molecule has 0 radical (unpaired) electrons. The minimum atomic E-state index is -5.36. The molecule has 2 aliphatic rings. The summed E-state index contributed by atoms with van der Waals surface area (Å²) in [7, 11) is 5.45. The third-order valence-corrected chi connectivity index (χ3v) is 7.30. The number of amides is 2. The van der Waals surface area contributed by atoms with Gasteiger partial charge in [-0.25, -0.2) is 0 Å². The number of nitrogens with zero attached hydrogens (tertiary/aromatic N) is 1. The number of para-hydroxylation sites is 1. The summed E-state index contributed by atoms with van der Waals surface area (Å²) in [6.07, 6.45) is -5.60. The number of nitrogens with one attached hydrogen (secondary N) is 1. The van der Waals surface area contributed by atoms with Gasteiger partial charge in [-0.1, -0.05) is 26.0 Å². The fraction of sp³-hybridized carbons (Fsp3) is 0.414. The molecule has 1 aliphatic heterocycles. The van der Waals surface area contributed by atoms with Gasteiger partial charge >= 0.3 is 6.18 Å². The Morgan fingerprint density at radius 1 is 0.927 bits per heavy atom. The smallest absolute Gasteiger partial charge is 0.425 e. The SMILES string of the molecule is COc1ccc(C(=O)N[C@]2(C(F)(F)F)C(=O)N(Cc3cccc(OC)c3OC)C3=C2C(=O)CC(C)(C)C3)cc1OC. The van der Waals surface area contributed by atoms with Crippen LogP contribution in [0.25, 0.3) is 0 Å². The maximum atomic E-state index is 15.2. The third-order valence-electron chi connectivity index (χ3n) is 7.30. The van der Waals surface area contributed by atoms with Gasteiger partial charge in [0, 0.05) is 23.2 Å². The number of alkyl halides is 3. The molecule has 1 N–H and O–H groups in total. The highest BCUT2D eigenvalue weighted by molar-refractivity contribution is 6.14. The summed E-state index contributed by atoms with van der Waals surface area (Å²) < 4.78 is 66.6. The molecule has 12 heteroatoms. The summed E-state index contributed by atoms with van der Waals surface area (Å²) in [6.45, 7) is 3.12. The topological polar surface area (TPSA) is 103 Å². The van der Waals surface area contributed by atoms with Crippen molar-refractivity contribution in [2.24, 2.45) is 5.41 Å². The number of allylic oxidation sites excluding steroid dienone is 1. The second-order valence-corrected chi connectivity index (χ2v) is 10.6. The summed E-state index contributed by atoms with van der Waals surface area (Å²) in [5.74, 6) is -2.68. The molecule has 0 unspecified atom stereocenters. The van der Waals surface area contributed by atoms with E-state index >= 15 is 13.2 Å². The zero-order valence-corrected chi connectivity index (χ0v) is 23.5. The molecule has 0 spiro atoms. The van der Waals surface area contributed by atoms with Crippen molar-refractivity contribution >= 4 is 17.6 Å². The lowest BCUT2D eigenvalue weighted by molar-refractivity contribution is -0.190. The fourth-order valence-electron chi connectivity index (χ4n) is 5.46. The highest BCUT2D eigenvalue weighted by Crippen LogP contribution is 2.52. The van der Waals surface area contributed by atoms with Gasteiger partial charge in [0.25, 0.3) is 11.8 Å². The minimum Gasteiger partial charge on any atom is -0.493 e. The van der Waals surface area contributed by atoms with Gasteiger partial charge in [0.1, 0.15) is 0 Å². The maximum absolute atomic E-state index is 15.2. The van der Waals surface area contributed by atoms with Crippen LogP contribution < -0.4 is 24.3 Å². The summed E-state index contributed by atoms with van der Waals surface area (Å²) in [4.78, 5) is 41.8. The van der Waals surface area contributed by atoms with Gasteiger partial charge < -0.3 is 29.2 Å². The lowest BCUT2D eigenvalue weighted by Gasteiger charge is -2.35. The number of rotatable bonds is 8. The first-order chi connectivity index (χ1) is 19.2. The van der Waals surface area contributed by atoms with Crippen LogP contribution in [-0.2, 0) is 16.1 Å². The van der Waals surface area contributed by atoms with E-state index in [9.17, 15) is 14.4 Å². The van der Waals surface area contributed by atoms with Crippen LogP contribution in [0.3, 0.4) is 0 Å². The van der Waals surface area contributed by atoms with Gasteiger partial charge in [-0.2, -0.15) is 13.2 Å². The number of carbonyl (C=O) groups is 3. The van der Waals surface area contributed by atoms with E-state index in [-0.39, 0.29) is 47.9 Å². The molecular formula is C29H31F3N2O7. The Morgan fingerprint density at radius 2 is 1.59 bits per heavy atom. The molecule has 2 aromatic rings. The van der Waals surface area contributed by atoms with E-state index in [0.29, 0.717) is 11.3 Å². The van der Waals surface area contributed by atoms with Gasteiger partial charge in [-0.15, -0.1) is 0 Å². The number of hydrogen-bond acceptors (Lipinski definition) is 7. The van der Waals surface area contributed by atoms with Crippen molar-refractivity contribution in [1.82, 2.24) is 10.2 Å². The van der Waals surface area contributed by atoms with Crippen LogP contribution >= 0.6 is 0 Å². The number of ether oxygens (including phenoxy) is 4. The van der Waals surface area contributed by atoms with Crippen LogP contribution in [0.2, 0.25) is 0 Å². The molecular weight excluding hydrogens is 545 g/mol. The molecule has 9 nitrogen and oxygen atoms in total. The molecule has 0 saturated heterocycles. The molecule has 41 heavy (non-hydrogen) atoms. The molecule has 0 saturated carbocycles. The van der Waals surface area contributed by atoms with Crippen LogP contribution in [0.1, 0.15) is 42.6 Å². The number of benzene rings is 2. The van der Waals surface area contributed by atoms with E-state index in [1.165, 1.54) is 46.6 Å². The number of halogens is 3. The molecule has 0 fully saturated rings. The van der Waals surface area contributed by atoms with Gasteiger partial charge in [-0.3, -0.25) is 14.4 Å². The Kier molecular flexibility index (Phi) is 7.72. The van der Waals surface area contributed by atoms with Crippen LogP contribution in [0.15, 0.2) is 47.7 Å². The summed E-state index contributed by atoms with van der Waals surface area (Å²) in [5, 5.41) is 1.92. The zero-order chi connectivity index (χ0) is 30.3. The molecule has 220 valence electrons. The number of methoxy groups -OCH3 is 4. The van der Waals surface area contributed by atoms with Crippen molar-refractivity contribution in [2.45, 2.75) is 44.9 Å². The predicted octanol–water partition coefficient (Wildman–Crippen LogP) is 4.44. The van der Waals surface area contributed by atoms with Crippen molar-refractivity contribution in [3.63, 3.8) is 0 Å². The Balaban J connectivity index is 1.88. The maximum Gasteiger partial charge on any atom is 0.425 e. The van der Waals surface area contributed by atoms with Crippen LogP contribution in [0, 0.1) is 5.41 Å². The number of ketones is 1. The van der Waals surface area contributed by atoms with Crippen molar-refractivity contribution < 1.29 is 46.5 Å². The lowest BCUT2D eigenvalue weighted by atomic mass is 9.72. The molecule has 2 aromatic carbocycles. The van der Waals surface area contributed by atoms with Crippen LogP contribution in [0.5, 0.6) is 23.0 Å². The van der Waals surface area contributed by atoms with E-state index in [4.69, 9.17) is 18.9 Å². The second-order valence-electron chi connectivity index (χ2n) is 10.6. The van der Waals surface area contributed by atoms with Gasteiger partial charge in [0.15, 0.2) is 28.8 Å². The Bertz CT molecular complexity index is 1430. The monoisotopic (exact) mass is 576 g/mol. The molecule has 0 aromatic heterocycles. The normalized spacial score (nSPS) is 20.1. The fourth-order valence-corrected chi connectivity index (χ4v) is 5.46. The first-order valence-corrected chi connectivity index (χ1v) is 12.6. The first-order valence-electron chi connectivity index (χ1n) is 12.6. The molecule has 1 heterocycles. The van der Waals surface area contributed by atoms with Crippen molar-refractivity contribution in [2.75, 3.05) is 28.4 Å². The molecule has 0 bridgehead atoms. The molecule has 4 rings (SSSR count). The standard InChI is InChI=1S/C29H31F3N2O7/c1-27(2)13-18-23(19(35)14-27)28(29(30,31)32,33-25(36)16-10-11-20(38-3)22(12-16)40-5)26(37)34(18)15-17-8-7-9-21(39-4)24(17)41-6/h7-12H,13-15H2,1-6H3,(H,33,36)/t28-/m0/s1. The summed E-state index contributed by atoms with van der Waals surface area (Å²) >= 11 is 0. The minimum absolute atomic E-state index is 0.00381. The quantitative estimate of drug-likeness (QED) is 0.496. The van der Waals surface area contributed by atoms with Gasteiger partial charge in [0.2, 0.25) is 5.54 Å². The van der Waals surface area contributed by atoms with E-state index in [1.807, 2.05) is 5.32 Å². The van der Waals surface area contributed by atoms with E-state index in [1.54, 1.807) is 32.0 Å². The Morgan fingerprint density at radius 3 is 2.17 bits per heavy atom. The Hall–Kier alpha value is -4.22. The molecule has 1 atom stereocenters. The van der Waals surface area contributed by atoms with E-state index < -0.39 is 40.3 Å². The summed E-state index contributed by atoms with van der Waals surface area (Å²) in [6, 6.07) is 8.58. The average molecular weight is 577 g/mol. The van der Waals surface area contributed by atoms with Crippen molar-refractivity contribution in [3.05, 3.63) is 58.8 Å². The van der Waals surface area contributed by atoms with Gasteiger partial charge in [0.05, 0.1) is 40.6 Å². The van der Waals surface area contributed by atoms with E-state index in [0.717, 1.165) is 4.90 Å². The first kappa shape index (κ1) is 29.8. The molecule has 1 aliphatic carbocycles. The number of carbonyl (C=O) groups excluding carboxylic acids is 3. The second kappa shape index (κ2) is 10.6. The Labute approximate surface area is 235 Å². The van der Waals surface area contributed by atoms with Crippen molar-refractivity contribution in [3.8, 4) is 23.0 Å². The number of hydrogen-bond donors (Lipinski definition) is 1.